The minimum Gasteiger partial charge on any atom is -0.310 e. The highest BCUT2D eigenvalue weighted by Crippen LogP contribution is 2.25. The maximum absolute atomic E-state index is 4.55. The van der Waals surface area contributed by atoms with Crippen molar-refractivity contribution in [2.45, 2.75) is 39.2 Å². The summed E-state index contributed by atoms with van der Waals surface area (Å²) in [5.41, 5.74) is 3.64. The normalized spacial score (nSPS) is 12.7. The number of aromatic nitrogens is 1. The van der Waals surface area contributed by atoms with Gasteiger partial charge in [0.05, 0.1) is 10.2 Å². The van der Waals surface area contributed by atoms with E-state index in [1.165, 1.54) is 15.8 Å². The smallest absolute Gasteiger partial charge is 0.0809 e. The molecule has 2 aromatic rings. The molecule has 0 amide bonds. The molecule has 19 heavy (non-hydrogen) atoms. The van der Waals surface area contributed by atoms with Crippen LogP contribution in [-0.4, -0.2) is 11.5 Å². The van der Waals surface area contributed by atoms with Gasteiger partial charge in [0.2, 0.25) is 0 Å². The highest BCUT2D eigenvalue weighted by Gasteiger charge is 2.12. The number of pyridine rings is 1. The van der Waals surface area contributed by atoms with Crippen molar-refractivity contribution in [3.05, 3.63) is 41.4 Å². The topological polar surface area (TPSA) is 24.9 Å². The first-order chi connectivity index (χ1) is 9.20. The number of fused-ring (bicyclic) bond motifs is 1. The molecule has 0 spiro atoms. The van der Waals surface area contributed by atoms with Gasteiger partial charge in [-0.1, -0.05) is 12.5 Å². The average Bonchev–Trinajstić information content (AvgIpc) is 2.85. The summed E-state index contributed by atoms with van der Waals surface area (Å²) in [6.45, 7) is 9.34. The Kier molecular flexibility index (Phi) is 5.11. The molecule has 1 atom stereocenters. The van der Waals surface area contributed by atoms with Crippen LogP contribution in [0.3, 0.4) is 0 Å². The standard InChI is InChI=1S/C16H22N2S/c1-4-8-17-14(6-5-12(2)3)13-10-16-15(18-11-13)7-9-19-16/h7,9-11,14,17H,2,4-6,8H2,1,3H3. The fourth-order valence-corrected chi connectivity index (χ4v) is 2.94. The summed E-state index contributed by atoms with van der Waals surface area (Å²) < 4.78 is 1.27. The van der Waals surface area contributed by atoms with Crippen LogP contribution < -0.4 is 5.32 Å². The zero-order valence-corrected chi connectivity index (χ0v) is 12.6. The Balaban J connectivity index is 2.16. The Morgan fingerprint density at radius 3 is 3.11 bits per heavy atom. The van der Waals surface area contributed by atoms with Crippen LogP contribution in [0, 0.1) is 0 Å². The molecule has 0 fully saturated rings. The van der Waals surface area contributed by atoms with Crippen molar-refractivity contribution in [2.75, 3.05) is 6.54 Å². The van der Waals surface area contributed by atoms with Gasteiger partial charge in [-0.25, -0.2) is 0 Å². The molecular formula is C16H22N2S. The third-order valence-corrected chi connectivity index (χ3v) is 4.08. The van der Waals surface area contributed by atoms with Crippen molar-refractivity contribution in [3.63, 3.8) is 0 Å². The van der Waals surface area contributed by atoms with Gasteiger partial charge in [-0.15, -0.1) is 17.9 Å². The van der Waals surface area contributed by atoms with E-state index in [-0.39, 0.29) is 0 Å². The molecule has 0 aromatic carbocycles. The van der Waals surface area contributed by atoms with E-state index in [0.29, 0.717) is 6.04 Å². The maximum atomic E-state index is 4.55. The Hall–Kier alpha value is -1.19. The summed E-state index contributed by atoms with van der Waals surface area (Å²) in [4.78, 5) is 4.55. The lowest BCUT2D eigenvalue weighted by Gasteiger charge is -2.18. The molecule has 2 heterocycles. The number of hydrogen-bond acceptors (Lipinski definition) is 3. The number of rotatable bonds is 7. The third-order valence-electron chi connectivity index (χ3n) is 3.23. The predicted molar refractivity (Wildman–Crippen MR) is 84.7 cm³/mol. The first-order valence-electron chi connectivity index (χ1n) is 6.91. The summed E-state index contributed by atoms with van der Waals surface area (Å²) >= 11 is 1.76. The number of nitrogens with zero attached hydrogens (tertiary/aromatic N) is 1. The second-order valence-corrected chi connectivity index (χ2v) is 6.02. The van der Waals surface area contributed by atoms with Crippen molar-refractivity contribution >= 4 is 21.6 Å². The van der Waals surface area contributed by atoms with Crippen LogP contribution in [0.5, 0.6) is 0 Å². The minimum absolute atomic E-state index is 0.385. The lowest BCUT2D eigenvalue weighted by molar-refractivity contribution is 0.498. The largest absolute Gasteiger partial charge is 0.310 e. The van der Waals surface area contributed by atoms with Gasteiger partial charge in [0.1, 0.15) is 0 Å². The van der Waals surface area contributed by atoms with Crippen LogP contribution in [0.4, 0.5) is 0 Å². The Morgan fingerprint density at radius 2 is 2.37 bits per heavy atom. The van der Waals surface area contributed by atoms with Crippen molar-refractivity contribution < 1.29 is 0 Å². The molecule has 2 rings (SSSR count). The van der Waals surface area contributed by atoms with Gasteiger partial charge in [0.15, 0.2) is 0 Å². The van der Waals surface area contributed by atoms with Crippen molar-refractivity contribution in [2.24, 2.45) is 0 Å². The van der Waals surface area contributed by atoms with E-state index >= 15 is 0 Å². The monoisotopic (exact) mass is 274 g/mol. The predicted octanol–water partition coefficient (Wildman–Crippen LogP) is 4.69. The Labute approximate surface area is 119 Å². The van der Waals surface area contributed by atoms with E-state index in [9.17, 15) is 0 Å². The molecule has 1 unspecified atom stereocenters. The zero-order chi connectivity index (χ0) is 13.7. The molecule has 0 aliphatic carbocycles. The van der Waals surface area contributed by atoms with Gasteiger partial charge in [-0.05, 0) is 55.8 Å². The van der Waals surface area contributed by atoms with E-state index in [1.54, 1.807) is 11.3 Å². The van der Waals surface area contributed by atoms with Gasteiger partial charge >= 0.3 is 0 Å². The molecule has 2 aromatic heterocycles. The van der Waals surface area contributed by atoms with E-state index in [2.05, 4.69) is 48.2 Å². The van der Waals surface area contributed by atoms with Gasteiger partial charge in [0, 0.05) is 12.2 Å². The number of nitrogens with one attached hydrogen (secondary N) is 1. The van der Waals surface area contributed by atoms with Crippen LogP contribution in [0.1, 0.15) is 44.7 Å². The maximum Gasteiger partial charge on any atom is 0.0809 e. The first kappa shape index (κ1) is 14.2. The molecule has 0 aliphatic heterocycles. The summed E-state index contributed by atoms with van der Waals surface area (Å²) in [5.74, 6) is 0. The molecule has 0 aliphatic rings. The van der Waals surface area contributed by atoms with Gasteiger partial charge in [0.25, 0.3) is 0 Å². The fourth-order valence-electron chi connectivity index (χ4n) is 2.15. The molecule has 2 nitrogen and oxygen atoms in total. The van der Waals surface area contributed by atoms with Crippen LogP contribution in [0.25, 0.3) is 10.2 Å². The molecule has 102 valence electrons. The van der Waals surface area contributed by atoms with Crippen LogP contribution in [-0.2, 0) is 0 Å². The molecule has 3 heteroatoms. The Bertz CT molecular complexity index is 544. The van der Waals surface area contributed by atoms with Crippen LogP contribution in [0.15, 0.2) is 35.9 Å². The van der Waals surface area contributed by atoms with Crippen molar-refractivity contribution in [1.29, 1.82) is 0 Å². The average molecular weight is 274 g/mol. The highest BCUT2D eigenvalue weighted by atomic mass is 32.1. The van der Waals surface area contributed by atoms with Gasteiger partial charge < -0.3 is 5.32 Å². The van der Waals surface area contributed by atoms with E-state index in [1.807, 2.05) is 6.20 Å². The quantitative estimate of drug-likeness (QED) is 0.741. The molecular weight excluding hydrogens is 252 g/mol. The lowest BCUT2D eigenvalue weighted by Crippen LogP contribution is -2.22. The van der Waals surface area contributed by atoms with Crippen molar-refractivity contribution in [3.8, 4) is 0 Å². The summed E-state index contributed by atoms with van der Waals surface area (Å²) in [5, 5.41) is 5.72. The lowest BCUT2D eigenvalue weighted by atomic mass is 10.0. The molecule has 0 saturated heterocycles. The molecule has 0 saturated carbocycles. The van der Waals surface area contributed by atoms with Gasteiger partial charge in [-0.3, -0.25) is 4.98 Å². The minimum atomic E-state index is 0.385. The molecule has 1 N–H and O–H groups in total. The zero-order valence-electron chi connectivity index (χ0n) is 11.8. The number of allylic oxidation sites excluding steroid dienone is 1. The summed E-state index contributed by atoms with van der Waals surface area (Å²) in [6, 6.07) is 4.74. The third kappa shape index (κ3) is 3.88. The second-order valence-electron chi connectivity index (χ2n) is 5.08. The fraction of sp³-hybridized carbons (Fsp3) is 0.438. The van der Waals surface area contributed by atoms with Gasteiger partial charge in [-0.2, -0.15) is 0 Å². The SMILES string of the molecule is C=C(C)CCC(NCCC)c1cnc2ccsc2c1. The summed E-state index contributed by atoms with van der Waals surface area (Å²) in [7, 11) is 0. The number of thiophene rings is 1. The van der Waals surface area contributed by atoms with E-state index < -0.39 is 0 Å². The second kappa shape index (κ2) is 6.83. The highest BCUT2D eigenvalue weighted by molar-refractivity contribution is 7.17. The van der Waals surface area contributed by atoms with Crippen LogP contribution >= 0.6 is 11.3 Å². The van der Waals surface area contributed by atoms with Crippen LogP contribution in [0.2, 0.25) is 0 Å². The molecule has 0 bridgehead atoms. The summed E-state index contributed by atoms with van der Waals surface area (Å²) in [6.07, 6.45) is 5.32. The molecule has 0 radical (unpaired) electrons. The first-order valence-corrected chi connectivity index (χ1v) is 7.79. The van der Waals surface area contributed by atoms with Crippen molar-refractivity contribution in [1.82, 2.24) is 10.3 Å². The Morgan fingerprint density at radius 1 is 1.53 bits per heavy atom. The van der Waals surface area contributed by atoms with E-state index in [4.69, 9.17) is 0 Å². The van der Waals surface area contributed by atoms with E-state index in [0.717, 1.165) is 31.3 Å². The number of hydrogen-bond donors (Lipinski definition) is 1.